The number of anilines is 4. The maximum Gasteiger partial charge on any atom is 0.179 e. The number of benzene rings is 3. The van der Waals surface area contributed by atoms with E-state index in [1.807, 2.05) is 0 Å². The lowest BCUT2D eigenvalue weighted by molar-refractivity contribution is 0.584. The van der Waals surface area contributed by atoms with Gasteiger partial charge in [-0.2, -0.15) is 0 Å². The van der Waals surface area contributed by atoms with Crippen molar-refractivity contribution in [3.05, 3.63) is 95.6 Å². The van der Waals surface area contributed by atoms with E-state index in [9.17, 15) is 0 Å². The van der Waals surface area contributed by atoms with Crippen molar-refractivity contribution in [3.8, 4) is 0 Å². The molecule has 0 bridgehead atoms. The molecule has 0 amide bonds. The lowest BCUT2D eigenvalue weighted by atomic mass is 9.99. The molecule has 3 aromatic carbocycles. The average Bonchev–Trinajstić information content (AvgIpc) is 3.43. The molecular weight excluding hydrogens is 404 g/mol. The maximum absolute atomic E-state index is 5.27. The Bertz CT molecular complexity index is 1440. The smallest absolute Gasteiger partial charge is 0.179 e. The summed E-state index contributed by atoms with van der Waals surface area (Å²) in [6, 6.07) is 23.9. The van der Waals surface area contributed by atoms with E-state index < -0.39 is 0 Å². The number of nitrogens with zero attached hydrogens (tertiary/aromatic N) is 4. The van der Waals surface area contributed by atoms with Crippen molar-refractivity contribution in [2.75, 3.05) is 9.80 Å². The van der Waals surface area contributed by atoms with Gasteiger partial charge in [0.2, 0.25) is 0 Å². The molecule has 4 nitrogen and oxygen atoms in total. The third-order valence-corrected chi connectivity index (χ3v) is 7.66. The predicted octanol–water partition coefficient (Wildman–Crippen LogP) is 6.65. The number of aryl methyl sites for hydroxylation is 2. The molecular formula is C29H26N4. The van der Waals surface area contributed by atoms with E-state index in [0.717, 1.165) is 41.2 Å². The fraction of sp³-hybridized carbons (Fsp3) is 0.241. The fourth-order valence-electron chi connectivity index (χ4n) is 6.02. The van der Waals surface area contributed by atoms with Crippen molar-refractivity contribution in [2.45, 2.75) is 38.8 Å². The Hall–Kier alpha value is -3.66. The zero-order chi connectivity index (χ0) is 22.3. The largest absolute Gasteiger partial charge is 0.301 e. The Morgan fingerprint density at radius 3 is 2.06 bits per heavy atom. The summed E-state index contributed by atoms with van der Waals surface area (Å²) in [7, 11) is 0. The van der Waals surface area contributed by atoms with E-state index in [1.165, 1.54) is 28.0 Å². The summed E-state index contributed by atoms with van der Waals surface area (Å²) >= 11 is 0. The van der Waals surface area contributed by atoms with Gasteiger partial charge in [0, 0.05) is 23.2 Å². The number of aromatic nitrogens is 2. The van der Waals surface area contributed by atoms with E-state index in [0.29, 0.717) is 11.8 Å². The number of para-hydroxylation sites is 2. The number of hydrogen-bond acceptors (Lipinski definition) is 4. The van der Waals surface area contributed by atoms with E-state index in [2.05, 4.69) is 97.0 Å². The minimum atomic E-state index is 0.114. The summed E-state index contributed by atoms with van der Waals surface area (Å²) in [5.74, 6) is 2.68. The lowest BCUT2D eigenvalue weighted by Gasteiger charge is -2.36. The van der Waals surface area contributed by atoms with Crippen molar-refractivity contribution >= 4 is 34.0 Å². The second-order valence-corrected chi connectivity index (χ2v) is 9.31. The first-order valence-corrected chi connectivity index (χ1v) is 12.0. The van der Waals surface area contributed by atoms with Crippen LogP contribution in [0.25, 0.3) is 11.0 Å². The number of fused-ring (bicyclic) bond motifs is 9. The third kappa shape index (κ3) is 2.46. The quantitative estimate of drug-likeness (QED) is 0.341. The van der Waals surface area contributed by atoms with Gasteiger partial charge in [-0.3, -0.25) is 0 Å². The zero-order valence-electron chi connectivity index (χ0n) is 19.0. The summed E-state index contributed by atoms with van der Waals surface area (Å²) in [6.07, 6.45) is 2.13. The van der Waals surface area contributed by atoms with Crippen molar-refractivity contribution in [1.29, 1.82) is 0 Å². The fourth-order valence-corrected chi connectivity index (χ4v) is 6.02. The monoisotopic (exact) mass is 430 g/mol. The Kier molecular flexibility index (Phi) is 3.82. The van der Waals surface area contributed by atoms with E-state index in [4.69, 9.17) is 9.97 Å². The third-order valence-electron chi connectivity index (χ3n) is 7.66. The topological polar surface area (TPSA) is 32.3 Å². The lowest BCUT2D eigenvalue weighted by Crippen LogP contribution is -2.43. The minimum absolute atomic E-state index is 0.114. The highest BCUT2D eigenvalue weighted by Gasteiger charge is 2.61. The second-order valence-electron chi connectivity index (χ2n) is 9.31. The van der Waals surface area contributed by atoms with Crippen molar-refractivity contribution in [1.82, 2.24) is 9.97 Å². The summed E-state index contributed by atoms with van der Waals surface area (Å²) in [5, 5.41) is 0. The highest BCUT2D eigenvalue weighted by Crippen LogP contribution is 2.66. The van der Waals surface area contributed by atoms with Crippen LogP contribution in [0.3, 0.4) is 0 Å². The van der Waals surface area contributed by atoms with Crippen LogP contribution in [0, 0.1) is 5.92 Å². The van der Waals surface area contributed by atoms with Gasteiger partial charge in [-0.05, 0) is 59.9 Å². The molecule has 3 unspecified atom stereocenters. The van der Waals surface area contributed by atoms with Gasteiger partial charge in [0.25, 0.3) is 0 Å². The SMILES string of the molecule is C=C1C2c3ccccc3N3c4nc5cc(CC)c(CC)cc5nc4N(c4ccccc4)C3C12. The molecule has 4 aromatic rings. The highest BCUT2D eigenvalue weighted by atomic mass is 15.5. The van der Waals surface area contributed by atoms with Crippen LogP contribution in [-0.4, -0.2) is 16.1 Å². The molecule has 3 atom stereocenters. The Labute approximate surface area is 194 Å². The Morgan fingerprint density at radius 1 is 0.788 bits per heavy atom. The van der Waals surface area contributed by atoms with Crippen molar-refractivity contribution < 1.29 is 0 Å². The zero-order valence-corrected chi connectivity index (χ0v) is 19.0. The van der Waals surface area contributed by atoms with Gasteiger partial charge < -0.3 is 9.80 Å². The molecule has 162 valence electrons. The van der Waals surface area contributed by atoms with Crippen molar-refractivity contribution in [3.63, 3.8) is 0 Å². The van der Waals surface area contributed by atoms with E-state index >= 15 is 0 Å². The van der Waals surface area contributed by atoms with Crippen LogP contribution in [0.1, 0.15) is 36.5 Å². The summed E-state index contributed by atoms with van der Waals surface area (Å²) < 4.78 is 0. The molecule has 1 aromatic heterocycles. The Balaban J connectivity index is 1.53. The maximum atomic E-state index is 5.27. The van der Waals surface area contributed by atoms with Crippen LogP contribution in [-0.2, 0) is 12.8 Å². The number of rotatable bonds is 3. The molecule has 3 heterocycles. The van der Waals surface area contributed by atoms with Crippen LogP contribution in [0.4, 0.5) is 23.0 Å². The molecule has 1 aliphatic carbocycles. The standard InChI is InChI=1S/C29H26N4/c1-4-18-15-22-23(16-19(18)5-2)31-28-27(30-22)32(20-11-7-6-8-12-20)29-26-17(3)25(26)21-13-9-10-14-24(21)33(28)29/h6-16,25-26,29H,3-5H2,1-2H3. The molecule has 0 radical (unpaired) electrons. The Morgan fingerprint density at radius 2 is 1.39 bits per heavy atom. The normalized spacial score (nSPS) is 22.1. The molecule has 0 saturated heterocycles. The van der Waals surface area contributed by atoms with E-state index in [1.54, 1.807) is 0 Å². The minimum Gasteiger partial charge on any atom is -0.301 e. The highest BCUT2D eigenvalue weighted by molar-refractivity contribution is 5.92. The van der Waals surface area contributed by atoms with Crippen LogP contribution in [0.2, 0.25) is 0 Å². The molecule has 1 fully saturated rings. The molecule has 33 heavy (non-hydrogen) atoms. The second kappa shape index (κ2) is 6.67. The number of hydrogen-bond donors (Lipinski definition) is 0. The molecule has 1 saturated carbocycles. The summed E-state index contributed by atoms with van der Waals surface area (Å²) in [5.41, 5.74) is 9.74. The first-order valence-electron chi connectivity index (χ1n) is 12.0. The molecule has 0 spiro atoms. The first kappa shape index (κ1) is 18.9. The van der Waals surface area contributed by atoms with E-state index in [-0.39, 0.29) is 6.17 Å². The molecule has 7 rings (SSSR count). The van der Waals surface area contributed by atoms with Gasteiger partial charge in [-0.1, -0.05) is 62.4 Å². The van der Waals surface area contributed by atoms with Crippen LogP contribution < -0.4 is 9.80 Å². The molecule has 2 aliphatic heterocycles. The van der Waals surface area contributed by atoms with Crippen molar-refractivity contribution in [2.24, 2.45) is 5.92 Å². The van der Waals surface area contributed by atoms with Crippen LogP contribution in [0.15, 0.2) is 78.9 Å². The van der Waals surface area contributed by atoms with Gasteiger partial charge in [0.15, 0.2) is 11.6 Å². The summed E-state index contributed by atoms with van der Waals surface area (Å²) in [6.45, 7) is 8.90. The van der Waals surface area contributed by atoms with Gasteiger partial charge >= 0.3 is 0 Å². The van der Waals surface area contributed by atoms with Crippen LogP contribution in [0.5, 0.6) is 0 Å². The summed E-state index contributed by atoms with van der Waals surface area (Å²) in [4.78, 5) is 15.3. The van der Waals surface area contributed by atoms with Gasteiger partial charge in [-0.25, -0.2) is 9.97 Å². The average molecular weight is 431 g/mol. The predicted molar refractivity (Wildman–Crippen MR) is 135 cm³/mol. The molecule has 0 N–H and O–H groups in total. The van der Waals surface area contributed by atoms with Gasteiger partial charge in [0.1, 0.15) is 6.17 Å². The first-order chi connectivity index (χ1) is 16.2. The molecule has 4 heteroatoms. The van der Waals surface area contributed by atoms with Crippen LogP contribution >= 0.6 is 0 Å². The van der Waals surface area contributed by atoms with Gasteiger partial charge in [-0.15, -0.1) is 0 Å². The van der Waals surface area contributed by atoms with Gasteiger partial charge in [0.05, 0.1) is 11.0 Å². The molecule has 3 aliphatic rings.